The van der Waals surface area contributed by atoms with Gasteiger partial charge in [-0.3, -0.25) is 0 Å². The lowest BCUT2D eigenvalue weighted by Crippen LogP contribution is -2.40. The first kappa shape index (κ1) is 15.4. The van der Waals surface area contributed by atoms with E-state index in [1.165, 1.54) is 0 Å². The van der Waals surface area contributed by atoms with Crippen molar-refractivity contribution in [3.63, 3.8) is 0 Å². The summed E-state index contributed by atoms with van der Waals surface area (Å²) in [7, 11) is 2.09. The van der Waals surface area contributed by atoms with Crippen LogP contribution in [0.3, 0.4) is 0 Å². The highest BCUT2D eigenvalue weighted by Gasteiger charge is 2.25. The van der Waals surface area contributed by atoms with Crippen molar-refractivity contribution in [1.29, 1.82) is 0 Å². The molecule has 1 atom stereocenters. The number of anilines is 1. The topological polar surface area (TPSA) is 29.0 Å². The second-order valence-electron chi connectivity index (χ2n) is 6.21. The minimum absolute atomic E-state index is 0.212. The van der Waals surface area contributed by atoms with Crippen LogP contribution in [0.5, 0.6) is 0 Å². The fourth-order valence-electron chi connectivity index (χ4n) is 1.64. The Kier molecular flexibility index (Phi) is 4.76. The lowest BCUT2D eigenvalue weighted by atomic mass is 9.87. The first-order valence-corrected chi connectivity index (χ1v) is 7.19. The molecule has 0 radical (unpaired) electrons. The molecular weight excluding hydrogens is 290 g/mol. The van der Waals surface area contributed by atoms with E-state index in [0.717, 1.165) is 16.2 Å². The Bertz CT molecular complexity index is 410. The molecule has 0 saturated carbocycles. The number of halogens is 1. The summed E-state index contributed by atoms with van der Waals surface area (Å²) in [6.45, 7) is 13.2. The molecule has 0 saturated heterocycles. The average Bonchev–Trinajstić information content (AvgIpc) is 2.24. The summed E-state index contributed by atoms with van der Waals surface area (Å²) in [6.07, 6.45) is 0. The summed E-state index contributed by atoms with van der Waals surface area (Å²) < 4.78 is 0.851. The van der Waals surface area contributed by atoms with Crippen LogP contribution in [-0.4, -0.2) is 23.1 Å². The third kappa shape index (κ3) is 3.67. The summed E-state index contributed by atoms with van der Waals surface area (Å²) in [6, 6.07) is 2.38. The van der Waals surface area contributed by atoms with Gasteiger partial charge < -0.3 is 4.90 Å². The van der Waals surface area contributed by atoms with Crippen LogP contribution in [0.1, 0.15) is 53.3 Å². The number of aromatic nitrogens is 2. The quantitative estimate of drug-likeness (QED) is 0.782. The van der Waals surface area contributed by atoms with E-state index in [1.54, 1.807) is 0 Å². The predicted octanol–water partition coefficient (Wildman–Crippen LogP) is 4.23. The zero-order chi connectivity index (χ0) is 14.1. The van der Waals surface area contributed by atoms with Crippen molar-refractivity contribution in [2.24, 2.45) is 5.41 Å². The smallest absolute Gasteiger partial charge is 0.134 e. The number of hydrogen-bond donors (Lipinski definition) is 0. The van der Waals surface area contributed by atoms with Crippen molar-refractivity contribution in [2.75, 3.05) is 11.9 Å². The van der Waals surface area contributed by atoms with E-state index in [0.29, 0.717) is 12.0 Å². The molecule has 3 nitrogen and oxygen atoms in total. The maximum Gasteiger partial charge on any atom is 0.134 e. The zero-order valence-electron chi connectivity index (χ0n) is 12.5. The fourth-order valence-corrected chi connectivity index (χ4v) is 2.03. The third-order valence-electron chi connectivity index (χ3n) is 3.41. The van der Waals surface area contributed by atoms with Gasteiger partial charge in [-0.05, 0) is 28.3 Å². The van der Waals surface area contributed by atoms with Crippen LogP contribution in [0.2, 0.25) is 0 Å². The van der Waals surface area contributed by atoms with Crippen molar-refractivity contribution < 1.29 is 0 Å². The molecule has 1 heterocycles. The van der Waals surface area contributed by atoms with Gasteiger partial charge in [-0.2, -0.15) is 0 Å². The zero-order valence-corrected chi connectivity index (χ0v) is 14.0. The maximum atomic E-state index is 4.65. The van der Waals surface area contributed by atoms with Crippen molar-refractivity contribution in [2.45, 2.75) is 53.5 Å². The molecular formula is C14H24BrN3. The molecule has 0 fully saturated rings. The third-order valence-corrected chi connectivity index (χ3v) is 3.82. The van der Waals surface area contributed by atoms with Gasteiger partial charge in [-0.15, -0.1) is 0 Å². The Balaban J connectivity index is 3.09. The van der Waals surface area contributed by atoms with Gasteiger partial charge >= 0.3 is 0 Å². The van der Waals surface area contributed by atoms with E-state index in [4.69, 9.17) is 0 Å². The van der Waals surface area contributed by atoms with Gasteiger partial charge in [-0.25, -0.2) is 9.97 Å². The molecule has 0 amide bonds. The lowest BCUT2D eigenvalue weighted by Gasteiger charge is -2.36. The van der Waals surface area contributed by atoms with E-state index < -0.39 is 0 Å². The Morgan fingerprint density at radius 1 is 1.17 bits per heavy atom. The van der Waals surface area contributed by atoms with Gasteiger partial charge in [0.25, 0.3) is 0 Å². The highest BCUT2D eigenvalue weighted by atomic mass is 79.9. The second-order valence-corrected chi connectivity index (χ2v) is 7.03. The number of rotatable bonds is 3. The van der Waals surface area contributed by atoms with Crippen LogP contribution >= 0.6 is 15.9 Å². The molecule has 1 aromatic heterocycles. The van der Waals surface area contributed by atoms with Crippen molar-refractivity contribution in [3.05, 3.63) is 16.5 Å². The van der Waals surface area contributed by atoms with Gasteiger partial charge in [0, 0.05) is 25.1 Å². The van der Waals surface area contributed by atoms with Crippen molar-refractivity contribution >= 4 is 21.7 Å². The van der Waals surface area contributed by atoms with Crippen LogP contribution < -0.4 is 4.90 Å². The summed E-state index contributed by atoms with van der Waals surface area (Å²) in [5.74, 6) is 2.19. The predicted molar refractivity (Wildman–Crippen MR) is 81.1 cm³/mol. The van der Waals surface area contributed by atoms with Crippen molar-refractivity contribution in [3.8, 4) is 0 Å². The van der Waals surface area contributed by atoms with Crippen LogP contribution in [0, 0.1) is 5.41 Å². The SMILES string of the molecule is CC(C)c1nc(Br)cc(N(C)C(C)C(C)(C)C)n1. The van der Waals surface area contributed by atoms with E-state index >= 15 is 0 Å². The van der Waals surface area contributed by atoms with Crippen LogP contribution in [0.25, 0.3) is 0 Å². The molecule has 4 heteroatoms. The van der Waals surface area contributed by atoms with E-state index in [2.05, 4.69) is 79.4 Å². The average molecular weight is 314 g/mol. The normalized spacial score (nSPS) is 13.8. The standard InChI is InChI=1S/C14H24BrN3/c1-9(2)13-16-11(15)8-12(17-13)18(7)10(3)14(4,5)6/h8-10H,1-7H3. The molecule has 0 aliphatic heterocycles. The van der Waals surface area contributed by atoms with E-state index in [9.17, 15) is 0 Å². The molecule has 102 valence electrons. The van der Waals surface area contributed by atoms with Crippen molar-refractivity contribution in [1.82, 2.24) is 9.97 Å². The Hall–Kier alpha value is -0.640. The van der Waals surface area contributed by atoms with Gasteiger partial charge in [0.05, 0.1) is 0 Å². The maximum absolute atomic E-state index is 4.65. The highest BCUT2D eigenvalue weighted by Crippen LogP contribution is 2.28. The largest absolute Gasteiger partial charge is 0.356 e. The molecule has 1 aromatic rings. The van der Waals surface area contributed by atoms with Crippen LogP contribution in [-0.2, 0) is 0 Å². The fraction of sp³-hybridized carbons (Fsp3) is 0.714. The summed E-state index contributed by atoms with van der Waals surface area (Å²) in [5, 5.41) is 0. The minimum Gasteiger partial charge on any atom is -0.356 e. The molecule has 1 rings (SSSR count). The molecule has 1 unspecified atom stereocenters. The molecule has 0 aliphatic rings. The van der Waals surface area contributed by atoms with Gasteiger partial charge in [0.15, 0.2) is 0 Å². The number of hydrogen-bond acceptors (Lipinski definition) is 3. The molecule has 0 aromatic carbocycles. The lowest BCUT2D eigenvalue weighted by molar-refractivity contribution is 0.328. The Morgan fingerprint density at radius 2 is 1.72 bits per heavy atom. The molecule has 0 spiro atoms. The second kappa shape index (κ2) is 5.55. The molecule has 18 heavy (non-hydrogen) atoms. The summed E-state index contributed by atoms with van der Waals surface area (Å²) >= 11 is 3.47. The van der Waals surface area contributed by atoms with Crippen LogP contribution in [0.15, 0.2) is 10.7 Å². The summed E-state index contributed by atoms with van der Waals surface area (Å²) in [4.78, 5) is 11.3. The van der Waals surface area contributed by atoms with Gasteiger partial charge in [0.1, 0.15) is 16.2 Å². The summed E-state index contributed by atoms with van der Waals surface area (Å²) in [5.41, 5.74) is 0.212. The highest BCUT2D eigenvalue weighted by molar-refractivity contribution is 9.10. The Morgan fingerprint density at radius 3 is 2.17 bits per heavy atom. The first-order valence-electron chi connectivity index (χ1n) is 6.40. The van der Waals surface area contributed by atoms with Gasteiger partial charge in [0.2, 0.25) is 0 Å². The van der Waals surface area contributed by atoms with Crippen LogP contribution in [0.4, 0.5) is 5.82 Å². The minimum atomic E-state index is 0.212. The van der Waals surface area contributed by atoms with Gasteiger partial charge in [-0.1, -0.05) is 34.6 Å². The number of nitrogens with zero attached hydrogens (tertiary/aromatic N) is 3. The molecule has 0 N–H and O–H groups in total. The Labute approximate surface area is 119 Å². The first-order chi connectivity index (χ1) is 8.12. The van der Waals surface area contributed by atoms with E-state index in [-0.39, 0.29) is 5.41 Å². The van der Waals surface area contributed by atoms with E-state index in [1.807, 2.05) is 6.07 Å². The monoisotopic (exact) mass is 313 g/mol. The molecule has 0 aliphatic carbocycles. The molecule has 0 bridgehead atoms.